The molecule has 6 heteroatoms. The minimum absolute atomic E-state index is 0.127. The van der Waals surface area contributed by atoms with Crippen molar-refractivity contribution in [3.8, 4) is 0 Å². The van der Waals surface area contributed by atoms with Gasteiger partial charge >= 0.3 is 0 Å². The Bertz CT molecular complexity index is 395. The first-order chi connectivity index (χ1) is 7.97. The Morgan fingerprint density at radius 3 is 2.35 bits per heavy atom. The van der Waals surface area contributed by atoms with Crippen LogP contribution in [0.3, 0.4) is 0 Å². The number of rotatable bonds is 1. The predicted molar refractivity (Wildman–Crippen MR) is 66.0 cm³/mol. The van der Waals surface area contributed by atoms with Crippen LogP contribution in [-0.4, -0.2) is 41.3 Å². The molecule has 1 fully saturated rings. The van der Waals surface area contributed by atoms with Crippen molar-refractivity contribution in [3.63, 3.8) is 0 Å². The molecule has 6 nitrogen and oxygen atoms in total. The zero-order chi connectivity index (χ0) is 12.5. The molecule has 1 aromatic heterocycles. The molecule has 0 aromatic carbocycles. The number of nitrogens with zero attached hydrogens (tertiary/aromatic N) is 4. The average molecular weight is 237 g/mol. The van der Waals surface area contributed by atoms with Crippen LogP contribution < -0.4 is 10.6 Å². The molecule has 0 unspecified atom stereocenters. The molecule has 1 saturated heterocycles. The number of morpholine rings is 1. The maximum absolute atomic E-state index is 5.74. The molecule has 1 aliphatic heterocycles. The van der Waals surface area contributed by atoms with Crippen LogP contribution in [0.4, 0.5) is 11.9 Å². The summed E-state index contributed by atoms with van der Waals surface area (Å²) in [6.45, 7) is 9.19. The van der Waals surface area contributed by atoms with Crippen LogP contribution in [0.1, 0.15) is 26.6 Å². The highest BCUT2D eigenvalue weighted by Crippen LogP contribution is 2.21. The standard InChI is InChI=1S/C11H19N5O/c1-11(2,3)8-13-9(12)15-10(14-8)16-4-6-17-7-5-16/h4-7H2,1-3H3,(H2,12,13,14,15). The Balaban J connectivity index is 2.31. The number of hydrogen-bond donors (Lipinski definition) is 1. The van der Waals surface area contributed by atoms with Crippen molar-refractivity contribution in [2.45, 2.75) is 26.2 Å². The van der Waals surface area contributed by atoms with Crippen molar-refractivity contribution in [1.29, 1.82) is 0 Å². The summed E-state index contributed by atoms with van der Waals surface area (Å²) in [6, 6.07) is 0. The first-order valence-corrected chi connectivity index (χ1v) is 5.81. The zero-order valence-electron chi connectivity index (χ0n) is 10.6. The third-order valence-corrected chi connectivity index (χ3v) is 2.61. The molecule has 0 saturated carbocycles. The van der Waals surface area contributed by atoms with Gasteiger partial charge in [-0.3, -0.25) is 0 Å². The number of nitrogens with two attached hydrogens (primary N) is 1. The Labute approximate surface area is 101 Å². The van der Waals surface area contributed by atoms with E-state index in [-0.39, 0.29) is 11.4 Å². The average Bonchev–Trinajstić information content (AvgIpc) is 2.28. The van der Waals surface area contributed by atoms with Crippen molar-refractivity contribution in [2.75, 3.05) is 36.9 Å². The fraction of sp³-hybridized carbons (Fsp3) is 0.727. The number of aromatic nitrogens is 3. The van der Waals surface area contributed by atoms with E-state index in [2.05, 4.69) is 40.6 Å². The molecule has 0 atom stereocenters. The van der Waals surface area contributed by atoms with Gasteiger partial charge in [-0.1, -0.05) is 20.8 Å². The van der Waals surface area contributed by atoms with Crippen LogP contribution in [0.15, 0.2) is 0 Å². The van der Waals surface area contributed by atoms with Gasteiger partial charge in [0, 0.05) is 18.5 Å². The van der Waals surface area contributed by atoms with Crippen LogP contribution in [0, 0.1) is 0 Å². The Morgan fingerprint density at radius 2 is 1.76 bits per heavy atom. The highest BCUT2D eigenvalue weighted by Gasteiger charge is 2.22. The van der Waals surface area contributed by atoms with Gasteiger partial charge in [-0.05, 0) is 0 Å². The molecule has 0 bridgehead atoms. The lowest BCUT2D eigenvalue weighted by Crippen LogP contribution is -2.38. The highest BCUT2D eigenvalue weighted by atomic mass is 16.5. The van der Waals surface area contributed by atoms with Crippen molar-refractivity contribution in [3.05, 3.63) is 5.82 Å². The van der Waals surface area contributed by atoms with E-state index in [1.165, 1.54) is 0 Å². The summed E-state index contributed by atoms with van der Waals surface area (Å²) in [7, 11) is 0. The summed E-state index contributed by atoms with van der Waals surface area (Å²) in [5, 5.41) is 0. The van der Waals surface area contributed by atoms with E-state index in [0.29, 0.717) is 19.2 Å². The predicted octanol–water partition coefficient (Wildman–Crippen LogP) is 0.588. The molecular formula is C11H19N5O. The zero-order valence-corrected chi connectivity index (χ0v) is 10.6. The van der Waals surface area contributed by atoms with Gasteiger partial charge in [0.05, 0.1) is 13.2 Å². The first kappa shape index (κ1) is 12.0. The van der Waals surface area contributed by atoms with Gasteiger partial charge in [-0.2, -0.15) is 15.0 Å². The molecule has 94 valence electrons. The first-order valence-electron chi connectivity index (χ1n) is 5.81. The second-order valence-electron chi connectivity index (χ2n) is 5.17. The summed E-state index contributed by atoms with van der Waals surface area (Å²) < 4.78 is 5.30. The van der Waals surface area contributed by atoms with Gasteiger partial charge in [-0.15, -0.1) is 0 Å². The fourth-order valence-electron chi connectivity index (χ4n) is 1.62. The molecule has 0 amide bonds. The molecule has 1 aromatic rings. The van der Waals surface area contributed by atoms with E-state index in [9.17, 15) is 0 Å². The highest BCUT2D eigenvalue weighted by molar-refractivity contribution is 5.36. The molecule has 2 N–H and O–H groups in total. The smallest absolute Gasteiger partial charge is 0.230 e. The summed E-state index contributed by atoms with van der Waals surface area (Å²) >= 11 is 0. The lowest BCUT2D eigenvalue weighted by molar-refractivity contribution is 0.122. The number of hydrogen-bond acceptors (Lipinski definition) is 6. The van der Waals surface area contributed by atoms with Gasteiger partial charge in [0.2, 0.25) is 11.9 Å². The van der Waals surface area contributed by atoms with Gasteiger partial charge in [0.25, 0.3) is 0 Å². The maximum Gasteiger partial charge on any atom is 0.230 e. The molecule has 2 heterocycles. The Kier molecular flexibility index (Phi) is 3.15. The summed E-state index contributed by atoms with van der Waals surface area (Å²) in [5.74, 6) is 1.67. The minimum atomic E-state index is -0.127. The molecular weight excluding hydrogens is 218 g/mol. The molecule has 0 aliphatic carbocycles. The van der Waals surface area contributed by atoms with Gasteiger partial charge < -0.3 is 15.4 Å². The molecule has 1 aliphatic rings. The fourth-order valence-corrected chi connectivity index (χ4v) is 1.62. The lowest BCUT2D eigenvalue weighted by Gasteiger charge is -2.28. The third-order valence-electron chi connectivity index (χ3n) is 2.61. The third kappa shape index (κ3) is 2.82. The largest absolute Gasteiger partial charge is 0.378 e. The lowest BCUT2D eigenvalue weighted by atomic mass is 9.96. The SMILES string of the molecule is CC(C)(C)c1nc(N)nc(N2CCOCC2)n1. The van der Waals surface area contributed by atoms with Crippen LogP contribution >= 0.6 is 0 Å². The normalized spacial score (nSPS) is 17.2. The second kappa shape index (κ2) is 4.44. The molecule has 2 rings (SSSR count). The number of nitrogen functional groups attached to an aromatic ring is 1. The molecule has 0 spiro atoms. The van der Waals surface area contributed by atoms with Gasteiger partial charge in [0.1, 0.15) is 5.82 Å². The van der Waals surface area contributed by atoms with E-state index in [4.69, 9.17) is 10.5 Å². The maximum atomic E-state index is 5.74. The second-order valence-corrected chi connectivity index (χ2v) is 5.17. The number of ether oxygens (including phenoxy) is 1. The quantitative estimate of drug-likeness (QED) is 0.770. The van der Waals surface area contributed by atoms with Crippen LogP contribution in [0.25, 0.3) is 0 Å². The van der Waals surface area contributed by atoms with Crippen LogP contribution in [-0.2, 0) is 10.2 Å². The molecule has 0 radical (unpaired) electrons. The Morgan fingerprint density at radius 1 is 1.12 bits per heavy atom. The topological polar surface area (TPSA) is 77.2 Å². The van der Waals surface area contributed by atoms with Gasteiger partial charge in [-0.25, -0.2) is 0 Å². The summed E-state index contributed by atoms with van der Waals surface area (Å²) in [5.41, 5.74) is 5.62. The Hall–Kier alpha value is -1.43. The van der Waals surface area contributed by atoms with Crippen molar-refractivity contribution < 1.29 is 4.74 Å². The summed E-state index contributed by atoms with van der Waals surface area (Å²) in [6.07, 6.45) is 0. The van der Waals surface area contributed by atoms with Gasteiger partial charge in [0.15, 0.2) is 0 Å². The van der Waals surface area contributed by atoms with Crippen molar-refractivity contribution in [1.82, 2.24) is 15.0 Å². The van der Waals surface area contributed by atoms with Crippen molar-refractivity contribution >= 4 is 11.9 Å². The van der Waals surface area contributed by atoms with Crippen LogP contribution in [0.2, 0.25) is 0 Å². The summed E-state index contributed by atoms with van der Waals surface area (Å²) in [4.78, 5) is 15.0. The minimum Gasteiger partial charge on any atom is -0.378 e. The van der Waals surface area contributed by atoms with E-state index in [1.54, 1.807) is 0 Å². The van der Waals surface area contributed by atoms with E-state index < -0.39 is 0 Å². The van der Waals surface area contributed by atoms with E-state index >= 15 is 0 Å². The number of anilines is 2. The van der Waals surface area contributed by atoms with E-state index in [0.717, 1.165) is 18.9 Å². The van der Waals surface area contributed by atoms with Crippen LogP contribution in [0.5, 0.6) is 0 Å². The van der Waals surface area contributed by atoms with E-state index in [1.807, 2.05) is 0 Å². The monoisotopic (exact) mass is 237 g/mol. The molecule has 17 heavy (non-hydrogen) atoms. The van der Waals surface area contributed by atoms with Crippen molar-refractivity contribution in [2.24, 2.45) is 0 Å².